The zero-order valence-electron chi connectivity index (χ0n) is 46.8. The second kappa shape index (κ2) is 59.8. The van der Waals surface area contributed by atoms with Crippen molar-refractivity contribution in [3.63, 3.8) is 0 Å². The highest BCUT2D eigenvalue weighted by molar-refractivity contribution is 5.71. The van der Waals surface area contributed by atoms with Crippen LogP contribution in [0, 0.1) is 0 Å². The predicted molar refractivity (Wildman–Crippen MR) is 315 cm³/mol. The Kier molecular flexibility index (Phi) is 56.0. The molecule has 1 atom stereocenters. The van der Waals surface area contributed by atoms with Gasteiger partial charge in [-0.2, -0.15) is 0 Å². The number of hydrogen-bond donors (Lipinski definition) is 0. The number of esters is 3. The molecule has 0 aromatic heterocycles. The molecule has 0 saturated heterocycles. The minimum Gasteiger partial charge on any atom is -0.462 e. The summed E-state index contributed by atoms with van der Waals surface area (Å²) in [6.07, 6.45) is 85.5. The highest BCUT2D eigenvalue weighted by atomic mass is 16.6. The summed E-state index contributed by atoms with van der Waals surface area (Å²) >= 11 is 0. The Hall–Kier alpha value is -4.71. The molecule has 0 rings (SSSR count). The molecule has 0 radical (unpaired) electrons. The first-order chi connectivity index (χ1) is 36.0. The van der Waals surface area contributed by atoms with Gasteiger partial charge >= 0.3 is 17.9 Å². The zero-order valence-corrected chi connectivity index (χ0v) is 46.8. The third-order valence-corrected chi connectivity index (χ3v) is 11.8. The van der Waals surface area contributed by atoms with E-state index in [1.54, 1.807) is 0 Å². The maximum absolute atomic E-state index is 12.9. The van der Waals surface area contributed by atoms with E-state index in [-0.39, 0.29) is 31.1 Å². The Labute approximate surface area is 448 Å². The minimum atomic E-state index is -0.812. The molecule has 73 heavy (non-hydrogen) atoms. The van der Waals surface area contributed by atoms with E-state index in [0.29, 0.717) is 19.3 Å². The lowest BCUT2D eigenvalue weighted by Gasteiger charge is -2.18. The standard InChI is InChI=1S/C67H106O6/c1-4-7-10-13-16-19-22-25-28-31-33-36-39-42-45-48-51-54-57-60-66(69)72-63-64(62-71-65(68)59-56-53-50-47-44-41-38-35-30-27-24-21-18-15-12-9-6-3)73-67(70)61-58-55-52-49-46-43-40-37-34-32-29-26-23-20-17-14-11-8-5-2/h7-12,16-21,25-30,33-34,36-37,42,45,64H,4-6,13-15,22-24,31-32,35,38-41,43-44,46-63H2,1-3H3/b10-7-,11-8-,12-9-,19-16-,20-17-,21-18-,28-25-,29-26-,30-27-,36-33-,37-34-,45-42-. The van der Waals surface area contributed by atoms with Crippen LogP contribution in [0.2, 0.25) is 0 Å². The number of hydrogen-bond acceptors (Lipinski definition) is 6. The second-order valence-corrected chi connectivity index (χ2v) is 18.8. The molecule has 1 unspecified atom stereocenters. The number of carbonyl (C=O) groups is 3. The fraction of sp³-hybridized carbons (Fsp3) is 0.597. The fourth-order valence-corrected chi connectivity index (χ4v) is 7.53. The number of ether oxygens (including phenoxy) is 3. The molecule has 6 nitrogen and oxygen atoms in total. The van der Waals surface area contributed by atoms with Gasteiger partial charge in [0.05, 0.1) is 0 Å². The second-order valence-electron chi connectivity index (χ2n) is 18.8. The fourth-order valence-electron chi connectivity index (χ4n) is 7.53. The van der Waals surface area contributed by atoms with Gasteiger partial charge in [0.15, 0.2) is 6.10 Å². The average molecular weight is 1010 g/mol. The molecule has 0 aromatic carbocycles. The summed E-state index contributed by atoms with van der Waals surface area (Å²) in [7, 11) is 0. The van der Waals surface area contributed by atoms with Gasteiger partial charge in [-0.1, -0.05) is 231 Å². The SMILES string of the molecule is CC/C=C\C/C=C\C/C=C\C/C=C\C/C=C\CCCCCC(=O)OCC(COC(=O)CCCCCCCCC/C=C\C/C=C\C/C=C\CC)OC(=O)CCCCCCCC/C=C\C/C=C\C/C=C\C/C=C\CC. The van der Waals surface area contributed by atoms with E-state index in [1.807, 2.05) is 0 Å². The van der Waals surface area contributed by atoms with Crippen molar-refractivity contribution in [1.82, 2.24) is 0 Å². The molecule has 0 bridgehead atoms. The molecule has 0 aliphatic rings. The summed E-state index contributed by atoms with van der Waals surface area (Å²) in [5.74, 6) is -0.966. The molecular formula is C67H106O6. The molecule has 0 heterocycles. The predicted octanol–water partition coefficient (Wildman–Crippen LogP) is 20.0. The van der Waals surface area contributed by atoms with Gasteiger partial charge in [0, 0.05) is 19.3 Å². The number of rotatable bonds is 51. The van der Waals surface area contributed by atoms with E-state index in [9.17, 15) is 14.4 Å². The topological polar surface area (TPSA) is 78.9 Å². The van der Waals surface area contributed by atoms with Crippen molar-refractivity contribution in [2.45, 2.75) is 245 Å². The molecule has 410 valence electrons. The molecular weight excluding hydrogens is 901 g/mol. The average Bonchev–Trinajstić information content (AvgIpc) is 3.39. The molecule has 0 amide bonds. The summed E-state index contributed by atoms with van der Waals surface area (Å²) in [5.41, 5.74) is 0. The molecule has 6 heteroatoms. The van der Waals surface area contributed by atoms with Gasteiger partial charge in [0.1, 0.15) is 13.2 Å². The van der Waals surface area contributed by atoms with Crippen LogP contribution in [0.5, 0.6) is 0 Å². The lowest BCUT2D eigenvalue weighted by molar-refractivity contribution is -0.167. The van der Waals surface area contributed by atoms with Gasteiger partial charge in [0.25, 0.3) is 0 Å². The highest BCUT2D eigenvalue weighted by Crippen LogP contribution is 2.14. The third kappa shape index (κ3) is 58.1. The van der Waals surface area contributed by atoms with Crippen LogP contribution >= 0.6 is 0 Å². The quantitative estimate of drug-likeness (QED) is 0.0261. The van der Waals surface area contributed by atoms with Crippen LogP contribution in [0.15, 0.2) is 146 Å². The first-order valence-corrected chi connectivity index (χ1v) is 29.3. The van der Waals surface area contributed by atoms with Gasteiger partial charge in [0.2, 0.25) is 0 Å². The lowest BCUT2D eigenvalue weighted by Crippen LogP contribution is -2.30. The summed E-state index contributed by atoms with van der Waals surface area (Å²) in [5, 5.41) is 0. The largest absolute Gasteiger partial charge is 0.462 e. The third-order valence-electron chi connectivity index (χ3n) is 11.8. The number of allylic oxidation sites excluding steroid dienone is 24. The minimum absolute atomic E-state index is 0.106. The normalized spacial score (nSPS) is 13.2. The molecule has 0 aliphatic heterocycles. The maximum atomic E-state index is 12.9. The first kappa shape index (κ1) is 68.3. The van der Waals surface area contributed by atoms with Crippen LogP contribution in [0.25, 0.3) is 0 Å². The monoisotopic (exact) mass is 1010 g/mol. The van der Waals surface area contributed by atoms with Crippen LogP contribution in [-0.4, -0.2) is 37.2 Å². The van der Waals surface area contributed by atoms with Crippen LogP contribution in [-0.2, 0) is 28.6 Å². The van der Waals surface area contributed by atoms with E-state index >= 15 is 0 Å². The Morgan fingerprint density at radius 1 is 0.274 bits per heavy atom. The molecule has 0 aliphatic carbocycles. The van der Waals surface area contributed by atoms with Gasteiger partial charge in [-0.05, 0) is 135 Å². The molecule has 0 aromatic rings. The summed E-state index contributed by atoms with van der Waals surface area (Å²) in [4.78, 5) is 38.2. The van der Waals surface area contributed by atoms with E-state index in [4.69, 9.17) is 14.2 Å². The van der Waals surface area contributed by atoms with Crippen LogP contribution in [0.4, 0.5) is 0 Å². The Morgan fingerprint density at radius 3 is 0.781 bits per heavy atom. The Balaban J connectivity index is 4.52. The van der Waals surface area contributed by atoms with E-state index < -0.39 is 6.10 Å². The van der Waals surface area contributed by atoms with Crippen molar-refractivity contribution >= 4 is 17.9 Å². The smallest absolute Gasteiger partial charge is 0.306 e. The first-order valence-electron chi connectivity index (χ1n) is 29.3. The van der Waals surface area contributed by atoms with E-state index in [2.05, 4.69) is 167 Å². The van der Waals surface area contributed by atoms with Gasteiger partial charge in [-0.3, -0.25) is 14.4 Å². The highest BCUT2D eigenvalue weighted by Gasteiger charge is 2.19. The van der Waals surface area contributed by atoms with Crippen molar-refractivity contribution in [2.24, 2.45) is 0 Å². The van der Waals surface area contributed by atoms with Crippen molar-refractivity contribution in [3.05, 3.63) is 146 Å². The van der Waals surface area contributed by atoms with Crippen LogP contribution < -0.4 is 0 Å². The van der Waals surface area contributed by atoms with Crippen molar-refractivity contribution < 1.29 is 28.6 Å². The van der Waals surface area contributed by atoms with E-state index in [0.717, 1.165) is 161 Å². The van der Waals surface area contributed by atoms with Crippen molar-refractivity contribution in [3.8, 4) is 0 Å². The Morgan fingerprint density at radius 2 is 0.493 bits per heavy atom. The van der Waals surface area contributed by atoms with Gasteiger partial charge < -0.3 is 14.2 Å². The maximum Gasteiger partial charge on any atom is 0.306 e. The van der Waals surface area contributed by atoms with Gasteiger partial charge in [-0.15, -0.1) is 0 Å². The number of carbonyl (C=O) groups excluding carboxylic acids is 3. The molecule has 0 spiro atoms. The summed E-state index contributed by atoms with van der Waals surface area (Å²) < 4.78 is 16.9. The summed E-state index contributed by atoms with van der Waals surface area (Å²) in [6, 6.07) is 0. The number of unbranched alkanes of at least 4 members (excludes halogenated alkanes) is 16. The Bertz CT molecular complexity index is 1630. The molecule has 0 fully saturated rings. The van der Waals surface area contributed by atoms with Crippen molar-refractivity contribution in [2.75, 3.05) is 13.2 Å². The lowest BCUT2D eigenvalue weighted by atomic mass is 10.1. The molecule has 0 N–H and O–H groups in total. The summed E-state index contributed by atoms with van der Waals surface area (Å²) in [6.45, 7) is 6.25. The van der Waals surface area contributed by atoms with Crippen molar-refractivity contribution in [1.29, 1.82) is 0 Å². The zero-order chi connectivity index (χ0) is 52.9. The van der Waals surface area contributed by atoms with Crippen LogP contribution in [0.1, 0.15) is 239 Å². The van der Waals surface area contributed by atoms with Gasteiger partial charge in [-0.25, -0.2) is 0 Å². The van der Waals surface area contributed by atoms with Crippen LogP contribution in [0.3, 0.4) is 0 Å². The molecule has 0 saturated carbocycles. The van der Waals surface area contributed by atoms with E-state index in [1.165, 1.54) is 38.5 Å².